The summed E-state index contributed by atoms with van der Waals surface area (Å²) in [6, 6.07) is 15.9. The Hall–Kier alpha value is -3.15. The van der Waals surface area contributed by atoms with Crippen LogP contribution in [-0.2, 0) is 6.54 Å². The van der Waals surface area contributed by atoms with E-state index in [-0.39, 0.29) is 0 Å². The van der Waals surface area contributed by atoms with E-state index in [9.17, 15) is 0 Å². The molecular weight excluding hydrogens is 302 g/mol. The van der Waals surface area contributed by atoms with Crippen molar-refractivity contribution >= 4 is 17.5 Å². The summed E-state index contributed by atoms with van der Waals surface area (Å²) in [7, 11) is 1.64. The van der Waals surface area contributed by atoms with Crippen LogP contribution < -0.4 is 15.4 Å². The van der Waals surface area contributed by atoms with Gasteiger partial charge in [0.25, 0.3) is 0 Å². The van der Waals surface area contributed by atoms with E-state index in [1.54, 1.807) is 13.3 Å². The molecule has 24 heavy (non-hydrogen) atoms. The molecule has 2 aromatic carbocycles. The molecule has 6 heteroatoms. The van der Waals surface area contributed by atoms with Gasteiger partial charge in [-0.3, -0.25) is 0 Å². The number of benzene rings is 2. The van der Waals surface area contributed by atoms with Gasteiger partial charge in [0.05, 0.1) is 13.3 Å². The Morgan fingerprint density at radius 1 is 1.00 bits per heavy atom. The first-order valence-corrected chi connectivity index (χ1v) is 7.63. The van der Waals surface area contributed by atoms with Crippen LogP contribution in [0, 0.1) is 6.92 Å². The number of hydrogen-bond donors (Lipinski definition) is 2. The smallest absolute Gasteiger partial charge is 0.249 e. The van der Waals surface area contributed by atoms with E-state index >= 15 is 0 Å². The highest BCUT2D eigenvalue weighted by atomic mass is 16.5. The highest BCUT2D eigenvalue weighted by Crippen LogP contribution is 2.18. The van der Waals surface area contributed by atoms with E-state index in [1.165, 1.54) is 11.1 Å². The zero-order valence-electron chi connectivity index (χ0n) is 13.7. The maximum Gasteiger partial charge on any atom is 0.249 e. The fourth-order valence-electron chi connectivity index (χ4n) is 2.14. The number of methoxy groups -OCH3 is 1. The number of anilines is 3. The zero-order chi connectivity index (χ0) is 16.8. The maximum atomic E-state index is 5.14. The standard InChI is InChI=1S/C18H19N5O/c1-13-3-5-14(6-4-13)11-19-17-12-20-23-18(22-17)21-15-7-9-16(24-2)10-8-15/h3-10,12H,11H2,1-2H3,(H2,19,21,22,23). The highest BCUT2D eigenvalue weighted by molar-refractivity contribution is 5.55. The van der Waals surface area contributed by atoms with Crippen LogP contribution in [0.15, 0.2) is 54.7 Å². The second-order valence-electron chi connectivity index (χ2n) is 5.36. The average molecular weight is 321 g/mol. The Balaban J connectivity index is 1.63. The minimum atomic E-state index is 0.439. The van der Waals surface area contributed by atoms with Crippen LogP contribution in [0.2, 0.25) is 0 Å². The minimum Gasteiger partial charge on any atom is -0.497 e. The van der Waals surface area contributed by atoms with Crippen LogP contribution in [-0.4, -0.2) is 22.3 Å². The van der Waals surface area contributed by atoms with Gasteiger partial charge in [0.2, 0.25) is 5.95 Å². The highest BCUT2D eigenvalue weighted by Gasteiger charge is 2.02. The summed E-state index contributed by atoms with van der Waals surface area (Å²) in [6.45, 7) is 2.75. The number of rotatable bonds is 6. The van der Waals surface area contributed by atoms with Crippen molar-refractivity contribution in [2.75, 3.05) is 17.7 Å². The lowest BCUT2D eigenvalue weighted by Gasteiger charge is -2.08. The summed E-state index contributed by atoms with van der Waals surface area (Å²) in [5, 5.41) is 14.4. The molecule has 0 unspecified atom stereocenters. The molecule has 0 aliphatic heterocycles. The second kappa shape index (κ2) is 7.41. The van der Waals surface area contributed by atoms with Crippen molar-refractivity contribution in [1.29, 1.82) is 0 Å². The molecule has 122 valence electrons. The lowest BCUT2D eigenvalue weighted by molar-refractivity contribution is 0.415. The van der Waals surface area contributed by atoms with E-state index < -0.39 is 0 Å². The molecular formula is C18H19N5O. The van der Waals surface area contributed by atoms with Crippen LogP contribution in [0.25, 0.3) is 0 Å². The molecule has 3 aromatic rings. The third-order valence-corrected chi connectivity index (χ3v) is 3.50. The Kier molecular flexibility index (Phi) is 4.86. The third kappa shape index (κ3) is 4.19. The number of hydrogen-bond acceptors (Lipinski definition) is 6. The molecule has 0 bridgehead atoms. The molecule has 0 radical (unpaired) electrons. The van der Waals surface area contributed by atoms with Gasteiger partial charge in [-0.05, 0) is 36.8 Å². The molecule has 2 N–H and O–H groups in total. The van der Waals surface area contributed by atoms with E-state index in [2.05, 4.69) is 57.0 Å². The SMILES string of the molecule is COc1ccc(Nc2nncc(NCc3ccc(C)cc3)n2)cc1. The zero-order valence-corrected chi connectivity index (χ0v) is 13.7. The Bertz CT molecular complexity index is 787. The van der Waals surface area contributed by atoms with Gasteiger partial charge in [0.1, 0.15) is 5.75 Å². The van der Waals surface area contributed by atoms with Gasteiger partial charge in [0.15, 0.2) is 5.82 Å². The minimum absolute atomic E-state index is 0.439. The molecule has 0 amide bonds. The lowest BCUT2D eigenvalue weighted by atomic mass is 10.1. The fraction of sp³-hybridized carbons (Fsp3) is 0.167. The van der Waals surface area contributed by atoms with Crippen LogP contribution >= 0.6 is 0 Å². The predicted molar refractivity (Wildman–Crippen MR) is 94.6 cm³/mol. The predicted octanol–water partition coefficient (Wildman–Crippen LogP) is 3.54. The first-order chi connectivity index (χ1) is 11.7. The van der Waals surface area contributed by atoms with Crippen LogP contribution in [0.5, 0.6) is 5.75 Å². The first-order valence-electron chi connectivity index (χ1n) is 7.63. The Labute approximate surface area is 140 Å². The summed E-state index contributed by atoms with van der Waals surface area (Å²) in [6.07, 6.45) is 1.60. The van der Waals surface area contributed by atoms with E-state index in [0.717, 1.165) is 11.4 Å². The fourth-order valence-corrected chi connectivity index (χ4v) is 2.14. The van der Waals surface area contributed by atoms with E-state index in [1.807, 2.05) is 24.3 Å². The van der Waals surface area contributed by atoms with E-state index in [0.29, 0.717) is 18.3 Å². The summed E-state index contributed by atoms with van der Waals surface area (Å²) in [5.74, 6) is 1.91. The van der Waals surface area contributed by atoms with Gasteiger partial charge in [0, 0.05) is 12.2 Å². The monoisotopic (exact) mass is 321 g/mol. The second-order valence-corrected chi connectivity index (χ2v) is 5.36. The maximum absolute atomic E-state index is 5.14. The molecule has 1 aromatic heterocycles. The molecule has 0 saturated carbocycles. The molecule has 0 fully saturated rings. The van der Waals surface area contributed by atoms with Gasteiger partial charge in [-0.15, -0.1) is 5.10 Å². The summed E-state index contributed by atoms with van der Waals surface area (Å²) >= 11 is 0. The number of ether oxygens (including phenoxy) is 1. The number of aryl methyl sites for hydroxylation is 1. The average Bonchev–Trinajstić information content (AvgIpc) is 2.62. The van der Waals surface area contributed by atoms with Crippen molar-refractivity contribution in [2.45, 2.75) is 13.5 Å². The summed E-state index contributed by atoms with van der Waals surface area (Å²) < 4.78 is 5.14. The topological polar surface area (TPSA) is 72.0 Å². The number of nitrogens with zero attached hydrogens (tertiary/aromatic N) is 3. The first kappa shape index (κ1) is 15.7. The third-order valence-electron chi connectivity index (χ3n) is 3.50. The molecule has 1 heterocycles. The number of aromatic nitrogens is 3. The molecule has 0 spiro atoms. The molecule has 0 atom stereocenters. The van der Waals surface area contributed by atoms with Gasteiger partial charge < -0.3 is 15.4 Å². The quantitative estimate of drug-likeness (QED) is 0.723. The van der Waals surface area contributed by atoms with Crippen molar-refractivity contribution in [2.24, 2.45) is 0 Å². The van der Waals surface area contributed by atoms with Crippen molar-refractivity contribution < 1.29 is 4.74 Å². The molecule has 6 nitrogen and oxygen atoms in total. The van der Waals surface area contributed by atoms with Crippen molar-refractivity contribution in [3.05, 3.63) is 65.9 Å². The van der Waals surface area contributed by atoms with Crippen LogP contribution in [0.3, 0.4) is 0 Å². The van der Waals surface area contributed by atoms with Gasteiger partial charge in [-0.2, -0.15) is 10.1 Å². The Morgan fingerprint density at radius 2 is 1.75 bits per heavy atom. The molecule has 0 aliphatic rings. The summed E-state index contributed by atoms with van der Waals surface area (Å²) in [5.41, 5.74) is 3.30. The number of nitrogens with one attached hydrogen (secondary N) is 2. The van der Waals surface area contributed by atoms with Crippen molar-refractivity contribution in [3.63, 3.8) is 0 Å². The van der Waals surface area contributed by atoms with Crippen LogP contribution in [0.4, 0.5) is 17.5 Å². The van der Waals surface area contributed by atoms with E-state index in [4.69, 9.17) is 4.74 Å². The summed E-state index contributed by atoms with van der Waals surface area (Å²) in [4.78, 5) is 4.42. The van der Waals surface area contributed by atoms with Gasteiger partial charge in [-0.25, -0.2) is 0 Å². The van der Waals surface area contributed by atoms with Crippen molar-refractivity contribution in [1.82, 2.24) is 15.2 Å². The van der Waals surface area contributed by atoms with Crippen LogP contribution in [0.1, 0.15) is 11.1 Å². The van der Waals surface area contributed by atoms with Gasteiger partial charge >= 0.3 is 0 Å². The molecule has 0 aliphatic carbocycles. The van der Waals surface area contributed by atoms with Gasteiger partial charge in [-0.1, -0.05) is 29.8 Å². The molecule has 0 saturated heterocycles. The Morgan fingerprint density at radius 3 is 2.46 bits per heavy atom. The lowest BCUT2D eigenvalue weighted by Crippen LogP contribution is -2.05. The molecule has 3 rings (SSSR count). The van der Waals surface area contributed by atoms with Crippen molar-refractivity contribution in [3.8, 4) is 5.75 Å². The normalized spacial score (nSPS) is 10.2. The largest absolute Gasteiger partial charge is 0.497 e.